The maximum atomic E-state index is 11.0. The van der Waals surface area contributed by atoms with Crippen LogP contribution in [0.2, 0.25) is 5.02 Å². The molecule has 0 aromatic heterocycles. The highest BCUT2D eigenvalue weighted by atomic mass is 35.5. The minimum Gasteiger partial charge on any atom is -0.469 e. The van der Waals surface area contributed by atoms with Crippen molar-refractivity contribution in [1.82, 2.24) is 0 Å². The zero-order valence-corrected chi connectivity index (χ0v) is 10.3. The second-order valence-corrected chi connectivity index (χ2v) is 3.60. The summed E-state index contributed by atoms with van der Waals surface area (Å²) in [5.74, 6) is -0.373. The van der Waals surface area contributed by atoms with Gasteiger partial charge in [0.25, 0.3) is 0 Å². The van der Waals surface area contributed by atoms with Crippen LogP contribution in [0.1, 0.15) is 18.0 Å². The summed E-state index contributed by atoms with van der Waals surface area (Å²) in [7, 11) is 1.32. The van der Waals surface area contributed by atoms with Crippen molar-refractivity contribution in [3.05, 3.63) is 28.8 Å². The Morgan fingerprint density at radius 1 is 1.56 bits per heavy atom. The molecule has 0 spiro atoms. The van der Waals surface area contributed by atoms with Crippen LogP contribution in [0, 0.1) is 0 Å². The van der Waals surface area contributed by atoms with Crippen LogP contribution in [0.25, 0.3) is 0 Å². The number of carbonyl (C=O) groups is 1. The van der Waals surface area contributed by atoms with Crippen LogP contribution in [-0.4, -0.2) is 13.1 Å². The lowest BCUT2D eigenvalue weighted by Crippen LogP contribution is -2.17. The summed E-state index contributed by atoms with van der Waals surface area (Å²) in [5, 5.41) is 0.541. The molecule has 0 aliphatic heterocycles. The van der Waals surface area contributed by atoms with Gasteiger partial charge in [-0.15, -0.1) is 12.4 Å². The number of nitrogen functional groups attached to an aromatic ring is 1. The lowest BCUT2D eigenvalue weighted by molar-refractivity contribution is -0.141. The molecule has 0 amide bonds. The van der Waals surface area contributed by atoms with Gasteiger partial charge in [-0.1, -0.05) is 11.6 Å². The van der Waals surface area contributed by atoms with Crippen molar-refractivity contribution in [2.75, 3.05) is 12.8 Å². The van der Waals surface area contributed by atoms with Gasteiger partial charge < -0.3 is 16.2 Å². The minimum absolute atomic E-state index is 0. The molecule has 4 N–H and O–H groups in total. The fourth-order valence-electron chi connectivity index (χ4n) is 1.24. The van der Waals surface area contributed by atoms with Crippen molar-refractivity contribution in [3.63, 3.8) is 0 Å². The van der Waals surface area contributed by atoms with E-state index in [4.69, 9.17) is 23.1 Å². The first kappa shape index (κ1) is 15.0. The van der Waals surface area contributed by atoms with E-state index in [-0.39, 0.29) is 24.8 Å². The van der Waals surface area contributed by atoms with E-state index in [1.54, 1.807) is 18.2 Å². The summed E-state index contributed by atoms with van der Waals surface area (Å²) >= 11 is 5.80. The summed E-state index contributed by atoms with van der Waals surface area (Å²) in [4.78, 5) is 11.0. The average Bonchev–Trinajstić information content (AvgIpc) is 2.21. The topological polar surface area (TPSA) is 78.3 Å². The van der Waals surface area contributed by atoms with Crippen molar-refractivity contribution in [2.24, 2.45) is 5.73 Å². The van der Waals surface area contributed by atoms with Gasteiger partial charge in [-0.3, -0.25) is 4.79 Å². The Balaban J connectivity index is 0.00000225. The van der Waals surface area contributed by atoms with E-state index >= 15 is 0 Å². The molecule has 0 bridgehead atoms. The van der Waals surface area contributed by atoms with Crippen LogP contribution in [0.3, 0.4) is 0 Å². The number of hydrogen-bond acceptors (Lipinski definition) is 4. The smallest absolute Gasteiger partial charge is 0.307 e. The highest BCUT2D eigenvalue weighted by Gasteiger charge is 2.14. The number of methoxy groups -OCH3 is 1. The average molecular weight is 265 g/mol. The standard InChI is InChI=1S/C10H13ClN2O2.ClH/c1-15-10(14)5-9(13)7-4-6(11)2-3-8(7)12;/h2-4,9H,5,12-13H2,1H3;1H/t9-;/m0./s1. The Morgan fingerprint density at radius 2 is 2.19 bits per heavy atom. The number of esters is 1. The molecule has 1 atom stereocenters. The summed E-state index contributed by atoms with van der Waals surface area (Å²) in [6.45, 7) is 0. The highest BCUT2D eigenvalue weighted by molar-refractivity contribution is 6.30. The first-order valence-electron chi connectivity index (χ1n) is 4.42. The van der Waals surface area contributed by atoms with E-state index < -0.39 is 6.04 Å². The predicted octanol–water partition coefficient (Wildman–Crippen LogP) is 1.91. The van der Waals surface area contributed by atoms with Gasteiger partial charge >= 0.3 is 5.97 Å². The van der Waals surface area contributed by atoms with Gasteiger partial charge in [-0.2, -0.15) is 0 Å². The Kier molecular flexibility index (Phi) is 6.18. The number of ether oxygens (including phenoxy) is 1. The van der Waals surface area contributed by atoms with E-state index in [1.807, 2.05) is 0 Å². The number of hydrogen-bond donors (Lipinski definition) is 2. The van der Waals surface area contributed by atoms with E-state index in [0.29, 0.717) is 16.3 Å². The molecule has 0 heterocycles. The van der Waals surface area contributed by atoms with Crippen molar-refractivity contribution in [2.45, 2.75) is 12.5 Å². The molecule has 6 heteroatoms. The minimum atomic E-state index is -0.490. The number of nitrogens with two attached hydrogens (primary N) is 2. The van der Waals surface area contributed by atoms with E-state index in [9.17, 15) is 4.79 Å². The van der Waals surface area contributed by atoms with Crippen LogP contribution >= 0.6 is 24.0 Å². The Morgan fingerprint density at radius 3 is 2.75 bits per heavy atom. The molecule has 16 heavy (non-hydrogen) atoms. The van der Waals surface area contributed by atoms with Gasteiger partial charge in [-0.25, -0.2) is 0 Å². The molecule has 1 rings (SSSR count). The van der Waals surface area contributed by atoms with Gasteiger partial charge in [-0.05, 0) is 23.8 Å². The van der Waals surface area contributed by atoms with Gasteiger partial charge in [0.05, 0.1) is 13.5 Å². The Bertz CT molecular complexity index is 372. The number of rotatable bonds is 3. The summed E-state index contributed by atoms with van der Waals surface area (Å²) < 4.78 is 4.52. The molecular formula is C10H14Cl2N2O2. The third-order valence-electron chi connectivity index (χ3n) is 2.06. The maximum absolute atomic E-state index is 11.0. The van der Waals surface area contributed by atoms with Crippen molar-refractivity contribution in [1.29, 1.82) is 0 Å². The first-order valence-corrected chi connectivity index (χ1v) is 4.79. The summed E-state index contributed by atoms with van der Waals surface area (Å²) in [6, 6.07) is 4.50. The number of halogens is 2. The van der Waals surface area contributed by atoms with Gasteiger partial charge in [0.2, 0.25) is 0 Å². The summed E-state index contributed by atoms with van der Waals surface area (Å²) in [6.07, 6.45) is 0.0844. The second-order valence-electron chi connectivity index (χ2n) is 3.16. The monoisotopic (exact) mass is 264 g/mol. The van der Waals surface area contributed by atoms with Crippen molar-refractivity contribution < 1.29 is 9.53 Å². The number of benzene rings is 1. The van der Waals surface area contributed by atoms with E-state index in [1.165, 1.54) is 7.11 Å². The van der Waals surface area contributed by atoms with Crippen LogP contribution in [-0.2, 0) is 9.53 Å². The number of carbonyl (C=O) groups excluding carboxylic acids is 1. The number of anilines is 1. The normalized spacial score (nSPS) is 11.4. The molecule has 0 saturated carbocycles. The third-order valence-corrected chi connectivity index (χ3v) is 2.30. The van der Waals surface area contributed by atoms with Crippen molar-refractivity contribution >= 4 is 35.7 Å². The SMILES string of the molecule is COC(=O)C[C@H](N)c1cc(Cl)ccc1N.Cl. The van der Waals surface area contributed by atoms with E-state index in [0.717, 1.165) is 0 Å². The van der Waals surface area contributed by atoms with Crippen LogP contribution in [0.15, 0.2) is 18.2 Å². The van der Waals surface area contributed by atoms with Crippen molar-refractivity contribution in [3.8, 4) is 0 Å². The lowest BCUT2D eigenvalue weighted by Gasteiger charge is -2.13. The first-order chi connectivity index (χ1) is 7.04. The molecule has 1 aromatic rings. The highest BCUT2D eigenvalue weighted by Crippen LogP contribution is 2.24. The molecule has 0 radical (unpaired) electrons. The molecule has 4 nitrogen and oxygen atoms in total. The fourth-order valence-corrected chi connectivity index (χ4v) is 1.42. The van der Waals surface area contributed by atoms with Crippen LogP contribution in [0.4, 0.5) is 5.69 Å². The molecule has 90 valence electrons. The molecular weight excluding hydrogens is 251 g/mol. The second kappa shape index (κ2) is 6.58. The third kappa shape index (κ3) is 3.89. The fraction of sp³-hybridized carbons (Fsp3) is 0.300. The molecule has 1 aromatic carbocycles. The quantitative estimate of drug-likeness (QED) is 0.646. The van der Waals surface area contributed by atoms with Gasteiger partial charge in [0.15, 0.2) is 0 Å². The predicted molar refractivity (Wildman–Crippen MR) is 66.7 cm³/mol. The Hall–Kier alpha value is -0.970. The Labute approximate surface area is 105 Å². The molecule has 0 fully saturated rings. The van der Waals surface area contributed by atoms with Gasteiger partial charge in [0.1, 0.15) is 0 Å². The zero-order chi connectivity index (χ0) is 11.4. The summed E-state index contributed by atoms with van der Waals surface area (Å²) in [5.41, 5.74) is 12.7. The van der Waals surface area contributed by atoms with Crippen LogP contribution in [0.5, 0.6) is 0 Å². The lowest BCUT2D eigenvalue weighted by atomic mass is 10.0. The van der Waals surface area contributed by atoms with E-state index in [2.05, 4.69) is 4.74 Å². The van der Waals surface area contributed by atoms with Gasteiger partial charge in [0, 0.05) is 16.8 Å². The maximum Gasteiger partial charge on any atom is 0.307 e. The van der Waals surface area contributed by atoms with Crippen LogP contribution < -0.4 is 11.5 Å². The zero-order valence-electron chi connectivity index (χ0n) is 8.77. The molecule has 0 aliphatic rings. The molecule has 0 saturated heterocycles. The molecule has 0 unspecified atom stereocenters. The molecule has 0 aliphatic carbocycles. The largest absolute Gasteiger partial charge is 0.469 e.